The van der Waals surface area contributed by atoms with Gasteiger partial charge in [0.05, 0.1) is 27.4 Å². The maximum absolute atomic E-state index is 13.8. The Morgan fingerprint density at radius 3 is 2.26 bits per heavy atom. The third-order valence-electron chi connectivity index (χ3n) is 9.75. The molecule has 5 heteroatoms. The highest BCUT2D eigenvalue weighted by Crippen LogP contribution is 2.64. The minimum atomic E-state index is -0.288. The van der Waals surface area contributed by atoms with Gasteiger partial charge >= 0.3 is 0 Å². The molecule has 6 atom stereocenters. The number of benzene rings is 1. The Balaban J connectivity index is 1.48. The minimum Gasteiger partial charge on any atom is -0.493 e. The number of carbonyl (C=O) groups is 1. The summed E-state index contributed by atoms with van der Waals surface area (Å²) in [6, 6.07) is 3.83. The number of fused-ring (bicyclic) bond motifs is 5. The van der Waals surface area contributed by atoms with Crippen molar-refractivity contribution in [2.45, 2.75) is 64.9 Å². The predicted molar refractivity (Wildman–Crippen MR) is 132 cm³/mol. The summed E-state index contributed by atoms with van der Waals surface area (Å²) in [5.74, 6) is 3.56. The zero-order valence-corrected chi connectivity index (χ0v) is 21.1. The number of carbonyl (C=O) groups excluding carboxylic acids is 1. The maximum atomic E-state index is 13.8. The van der Waals surface area contributed by atoms with E-state index in [0.717, 1.165) is 56.1 Å². The zero-order valence-electron chi connectivity index (χ0n) is 21.1. The number of ketones is 1. The van der Waals surface area contributed by atoms with Gasteiger partial charge in [-0.2, -0.15) is 0 Å². The Morgan fingerprint density at radius 1 is 0.941 bits per heavy atom. The second-order valence-corrected chi connectivity index (χ2v) is 11.3. The van der Waals surface area contributed by atoms with Crippen molar-refractivity contribution in [2.24, 2.45) is 28.6 Å². The van der Waals surface area contributed by atoms with E-state index in [1.807, 2.05) is 18.2 Å². The number of allylic oxidation sites excluding steroid dienone is 2. The number of ether oxygens (including phenoxy) is 3. The molecule has 0 aliphatic heterocycles. The van der Waals surface area contributed by atoms with Gasteiger partial charge in [0.1, 0.15) is 0 Å². The first-order valence-electron chi connectivity index (χ1n) is 12.7. The Hall–Kier alpha value is -2.27. The van der Waals surface area contributed by atoms with Crippen molar-refractivity contribution >= 4 is 11.9 Å². The highest BCUT2D eigenvalue weighted by Gasteiger charge is 2.59. The van der Waals surface area contributed by atoms with Gasteiger partial charge in [0.25, 0.3) is 0 Å². The van der Waals surface area contributed by atoms with Crippen LogP contribution in [0.2, 0.25) is 0 Å². The van der Waals surface area contributed by atoms with Gasteiger partial charge in [-0.3, -0.25) is 4.79 Å². The smallest absolute Gasteiger partial charge is 0.203 e. The molecule has 0 saturated heterocycles. The van der Waals surface area contributed by atoms with Crippen LogP contribution >= 0.6 is 0 Å². The third-order valence-corrected chi connectivity index (χ3v) is 9.75. The fourth-order valence-corrected chi connectivity index (χ4v) is 7.83. The maximum Gasteiger partial charge on any atom is 0.203 e. The first kappa shape index (κ1) is 23.5. The lowest BCUT2D eigenvalue weighted by atomic mass is 9.48. The number of rotatable bonds is 4. The van der Waals surface area contributed by atoms with Crippen LogP contribution in [0.5, 0.6) is 17.2 Å². The molecular weight excluding hydrogens is 428 g/mol. The molecule has 0 heterocycles. The normalized spacial score (nSPS) is 38.0. The van der Waals surface area contributed by atoms with Gasteiger partial charge in [-0.1, -0.05) is 25.5 Å². The molecule has 0 radical (unpaired) electrons. The van der Waals surface area contributed by atoms with Crippen molar-refractivity contribution in [3.63, 3.8) is 0 Å². The van der Waals surface area contributed by atoms with Crippen molar-refractivity contribution < 1.29 is 24.1 Å². The summed E-state index contributed by atoms with van der Waals surface area (Å²) in [6.45, 7) is 4.63. The summed E-state index contributed by atoms with van der Waals surface area (Å²) in [5.41, 5.74) is 3.17. The molecule has 4 aliphatic rings. The molecule has 5 nitrogen and oxygen atoms in total. The average Bonchev–Trinajstić information content (AvgIpc) is 3.08. The van der Waals surface area contributed by atoms with Crippen LogP contribution < -0.4 is 14.2 Å². The van der Waals surface area contributed by atoms with E-state index in [1.165, 1.54) is 5.57 Å². The fourth-order valence-electron chi connectivity index (χ4n) is 7.83. The molecule has 0 unspecified atom stereocenters. The van der Waals surface area contributed by atoms with Crippen LogP contribution in [0.25, 0.3) is 6.08 Å². The van der Waals surface area contributed by atoms with Crippen LogP contribution in [0.15, 0.2) is 29.4 Å². The number of methoxy groups -OCH3 is 3. The second-order valence-electron chi connectivity index (χ2n) is 11.3. The van der Waals surface area contributed by atoms with E-state index in [9.17, 15) is 9.90 Å². The molecule has 1 N–H and O–H groups in total. The van der Waals surface area contributed by atoms with E-state index in [2.05, 4.69) is 19.9 Å². The monoisotopic (exact) mass is 466 g/mol. The number of aliphatic hydroxyl groups is 1. The Kier molecular flexibility index (Phi) is 5.83. The molecular formula is C29H38O5. The van der Waals surface area contributed by atoms with Gasteiger partial charge in [-0.25, -0.2) is 0 Å². The van der Waals surface area contributed by atoms with E-state index < -0.39 is 0 Å². The van der Waals surface area contributed by atoms with E-state index >= 15 is 0 Å². The molecule has 1 aromatic rings. The van der Waals surface area contributed by atoms with Gasteiger partial charge in [0.2, 0.25) is 5.75 Å². The summed E-state index contributed by atoms with van der Waals surface area (Å²) < 4.78 is 16.5. The molecule has 5 rings (SSSR count). The number of aliphatic hydroxyl groups excluding tert-OH is 1. The van der Waals surface area contributed by atoms with Crippen molar-refractivity contribution in [1.29, 1.82) is 0 Å². The fraction of sp³-hybridized carbons (Fsp3) is 0.621. The second kappa shape index (κ2) is 8.44. The summed E-state index contributed by atoms with van der Waals surface area (Å²) in [7, 11) is 4.82. The quantitative estimate of drug-likeness (QED) is 0.462. The summed E-state index contributed by atoms with van der Waals surface area (Å²) in [6.07, 6.45) is 11.0. The molecule has 0 aromatic heterocycles. The Labute approximate surface area is 203 Å². The number of hydrogen-bond acceptors (Lipinski definition) is 5. The molecule has 0 amide bonds. The van der Waals surface area contributed by atoms with Crippen LogP contribution in [-0.4, -0.2) is 38.3 Å². The van der Waals surface area contributed by atoms with E-state index in [1.54, 1.807) is 21.3 Å². The van der Waals surface area contributed by atoms with Crippen molar-refractivity contribution in [3.05, 3.63) is 34.9 Å². The number of hydrogen-bond donors (Lipinski definition) is 1. The molecule has 34 heavy (non-hydrogen) atoms. The van der Waals surface area contributed by atoms with Gasteiger partial charge in [-0.05, 0) is 97.5 Å². The molecule has 0 spiro atoms. The summed E-state index contributed by atoms with van der Waals surface area (Å²) in [4.78, 5) is 13.8. The predicted octanol–water partition coefficient (Wildman–Crippen LogP) is 5.60. The van der Waals surface area contributed by atoms with Gasteiger partial charge in [0.15, 0.2) is 17.3 Å². The topological polar surface area (TPSA) is 65.0 Å². The Bertz CT molecular complexity index is 1030. The molecule has 0 bridgehead atoms. The summed E-state index contributed by atoms with van der Waals surface area (Å²) >= 11 is 0. The Morgan fingerprint density at radius 2 is 1.62 bits per heavy atom. The van der Waals surface area contributed by atoms with Gasteiger partial charge in [-0.15, -0.1) is 0 Å². The standard InChI is InChI=1S/C29H38O5/c1-28-10-8-20(30)16-19(28)6-7-21-22(28)9-11-29(2)23(21)15-18(27(29)31)12-17-13-24(32-3)26(34-5)25(14-17)33-4/h6,12-14,20-23,30H,7-11,15-16H2,1-5H3/b18-12+/t20-,21+,22-,23-,28-,29-/m0/s1. The molecule has 1 aromatic carbocycles. The highest BCUT2D eigenvalue weighted by atomic mass is 16.5. The van der Waals surface area contributed by atoms with Gasteiger partial charge < -0.3 is 19.3 Å². The van der Waals surface area contributed by atoms with E-state index in [0.29, 0.717) is 40.8 Å². The van der Waals surface area contributed by atoms with Crippen molar-refractivity contribution in [1.82, 2.24) is 0 Å². The number of Topliss-reactive ketones (excluding diaryl/α,β-unsaturated/α-hetero) is 1. The average molecular weight is 467 g/mol. The van der Waals surface area contributed by atoms with Crippen LogP contribution in [0.3, 0.4) is 0 Å². The highest BCUT2D eigenvalue weighted by molar-refractivity contribution is 6.06. The molecule has 3 fully saturated rings. The van der Waals surface area contributed by atoms with Crippen LogP contribution in [0.4, 0.5) is 0 Å². The first-order valence-corrected chi connectivity index (χ1v) is 12.7. The van der Waals surface area contributed by atoms with Crippen molar-refractivity contribution in [3.8, 4) is 17.2 Å². The SMILES string of the molecule is COc1cc(/C=C2\C[C@H]3[C@@H]4CC=C5C[C@@H](O)CC[C@]5(C)[C@H]4CC[C@]3(C)C2=O)cc(OC)c1OC. The van der Waals surface area contributed by atoms with E-state index in [-0.39, 0.29) is 16.9 Å². The zero-order chi connectivity index (χ0) is 24.3. The van der Waals surface area contributed by atoms with Crippen LogP contribution in [0.1, 0.15) is 64.4 Å². The minimum absolute atomic E-state index is 0.176. The first-order chi connectivity index (χ1) is 16.2. The molecule has 184 valence electrons. The summed E-state index contributed by atoms with van der Waals surface area (Å²) in [5, 5.41) is 10.2. The lowest BCUT2D eigenvalue weighted by molar-refractivity contribution is -0.130. The lowest BCUT2D eigenvalue weighted by Gasteiger charge is -2.56. The van der Waals surface area contributed by atoms with E-state index in [4.69, 9.17) is 14.2 Å². The third kappa shape index (κ3) is 3.42. The molecule has 3 saturated carbocycles. The van der Waals surface area contributed by atoms with Crippen LogP contribution in [-0.2, 0) is 4.79 Å². The van der Waals surface area contributed by atoms with Crippen molar-refractivity contribution in [2.75, 3.05) is 21.3 Å². The molecule has 4 aliphatic carbocycles. The lowest BCUT2D eigenvalue weighted by Crippen LogP contribution is -2.50. The van der Waals surface area contributed by atoms with Crippen LogP contribution in [0, 0.1) is 28.6 Å². The largest absolute Gasteiger partial charge is 0.493 e. The van der Waals surface area contributed by atoms with Gasteiger partial charge in [0, 0.05) is 5.41 Å².